The van der Waals surface area contributed by atoms with Gasteiger partial charge in [-0.05, 0) is 43.3 Å². The monoisotopic (exact) mass is 529 g/mol. The topological polar surface area (TPSA) is 81.9 Å². The number of halogens is 1. The molecule has 2 heterocycles. The number of benzene rings is 2. The van der Waals surface area contributed by atoms with Gasteiger partial charge in [0.1, 0.15) is 5.75 Å². The normalized spacial score (nSPS) is 10.8. The average molecular weight is 530 g/mol. The number of hydrogen-bond donors (Lipinski definition) is 1. The number of nitrogens with zero attached hydrogens (tertiary/aromatic N) is 4. The number of ether oxygens (including phenoxy) is 1. The van der Waals surface area contributed by atoms with Crippen molar-refractivity contribution in [3.63, 3.8) is 0 Å². The first-order valence-corrected chi connectivity index (χ1v) is 12.5. The van der Waals surface area contributed by atoms with E-state index < -0.39 is 0 Å². The van der Waals surface area contributed by atoms with Gasteiger partial charge in [0.2, 0.25) is 5.91 Å². The lowest BCUT2D eigenvalue weighted by Crippen LogP contribution is -2.14. The number of anilines is 1. The summed E-state index contributed by atoms with van der Waals surface area (Å²) in [6.45, 7) is 2.57. The van der Waals surface area contributed by atoms with Crippen LogP contribution in [0.5, 0.6) is 5.75 Å². The maximum absolute atomic E-state index is 12.4. The third-order valence-electron chi connectivity index (χ3n) is 4.48. The Hall–Kier alpha value is -2.69. The van der Waals surface area contributed by atoms with E-state index in [4.69, 9.17) is 4.74 Å². The van der Waals surface area contributed by atoms with Crippen LogP contribution >= 0.6 is 39.0 Å². The number of thioether (sulfide) groups is 1. The Balaban J connectivity index is 1.35. The van der Waals surface area contributed by atoms with E-state index in [1.54, 1.807) is 0 Å². The van der Waals surface area contributed by atoms with Gasteiger partial charge in [0.15, 0.2) is 16.1 Å². The Bertz CT molecular complexity index is 1210. The molecule has 0 spiro atoms. The minimum atomic E-state index is -0.141. The third kappa shape index (κ3) is 5.37. The predicted octanol–water partition coefficient (Wildman–Crippen LogP) is 5.50. The highest BCUT2D eigenvalue weighted by atomic mass is 79.9. The fourth-order valence-electron chi connectivity index (χ4n) is 2.93. The maximum atomic E-state index is 12.4. The summed E-state index contributed by atoms with van der Waals surface area (Å²) in [5.74, 6) is 1.62. The number of nitrogens with one attached hydrogen (secondary N) is 1. The highest BCUT2D eigenvalue weighted by Gasteiger charge is 2.14. The van der Waals surface area contributed by atoms with Crippen molar-refractivity contribution in [3.8, 4) is 28.4 Å². The van der Waals surface area contributed by atoms with Gasteiger partial charge < -0.3 is 14.6 Å². The van der Waals surface area contributed by atoms with Crippen LogP contribution in [0.15, 0.2) is 63.5 Å². The van der Waals surface area contributed by atoms with Gasteiger partial charge in [-0.25, -0.2) is 4.98 Å². The minimum absolute atomic E-state index is 0.141. The zero-order valence-corrected chi connectivity index (χ0v) is 20.6. The number of thiazole rings is 1. The van der Waals surface area contributed by atoms with Gasteiger partial charge in [0.25, 0.3) is 0 Å². The maximum Gasteiger partial charge on any atom is 0.236 e. The first-order chi connectivity index (χ1) is 15.5. The summed E-state index contributed by atoms with van der Waals surface area (Å²) < 4.78 is 8.37. The number of aromatic nitrogens is 4. The molecular weight excluding hydrogens is 510 g/mol. The van der Waals surface area contributed by atoms with Gasteiger partial charge in [-0.3, -0.25) is 4.79 Å². The standard InChI is InChI=1S/C22H20BrN5O2S2/c1-3-30-17-10-6-15(7-11-17)20-26-27-22(28(20)2)32-13-19(29)25-21-24-18(12-31-21)14-4-8-16(23)9-5-14/h4-12H,3,13H2,1-2H3,(H,24,25,29). The van der Waals surface area contributed by atoms with Crippen LogP contribution < -0.4 is 10.1 Å². The Morgan fingerprint density at radius 1 is 1.12 bits per heavy atom. The van der Waals surface area contributed by atoms with Crippen molar-refractivity contribution in [3.05, 3.63) is 58.4 Å². The van der Waals surface area contributed by atoms with Gasteiger partial charge in [-0.2, -0.15) is 0 Å². The molecule has 164 valence electrons. The van der Waals surface area contributed by atoms with E-state index in [9.17, 15) is 4.79 Å². The van der Waals surface area contributed by atoms with Crippen molar-refractivity contribution < 1.29 is 9.53 Å². The van der Waals surface area contributed by atoms with E-state index in [2.05, 4.69) is 36.4 Å². The van der Waals surface area contributed by atoms with Crippen LogP contribution in [0.2, 0.25) is 0 Å². The molecule has 32 heavy (non-hydrogen) atoms. The molecule has 10 heteroatoms. The molecule has 0 unspecified atom stereocenters. The molecule has 0 bridgehead atoms. The molecule has 0 aliphatic carbocycles. The first kappa shape index (κ1) is 22.5. The Labute approximate surface area is 202 Å². The molecule has 2 aromatic heterocycles. The molecule has 2 aromatic carbocycles. The molecule has 1 N–H and O–H groups in total. The van der Waals surface area contributed by atoms with E-state index in [-0.39, 0.29) is 11.7 Å². The van der Waals surface area contributed by atoms with Gasteiger partial charge in [0.05, 0.1) is 18.1 Å². The van der Waals surface area contributed by atoms with E-state index in [0.717, 1.165) is 32.9 Å². The highest BCUT2D eigenvalue weighted by molar-refractivity contribution is 9.10. The minimum Gasteiger partial charge on any atom is -0.494 e. The number of amides is 1. The molecule has 4 aromatic rings. The summed E-state index contributed by atoms with van der Waals surface area (Å²) in [4.78, 5) is 16.9. The fraction of sp³-hybridized carbons (Fsp3) is 0.182. The van der Waals surface area contributed by atoms with Crippen LogP contribution in [-0.2, 0) is 11.8 Å². The molecule has 0 aliphatic heterocycles. The van der Waals surface area contributed by atoms with Gasteiger partial charge in [0, 0.05) is 28.0 Å². The summed E-state index contributed by atoms with van der Waals surface area (Å²) in [6.07, 6.45) is 0. The summed E-state index contributed by atoms with van der Waals surface area (Å²) in [7, 11) is 1.89. The summed E-state index contributed by atoms with van der Waals surface area (Å²) in [5, 5.41) is 14.5. The van der Waals surface area contributed by atoms with Crippen molar-refractivity contribution in [1.29, 1.82) is 0 Å². The van der Waals surface area contributed by atoms with Crippen molar-refractivity contribution in [1.82, 2.24) is 19.7 Å². The zero-order valence-electron chi connectivity index (χ0n) is 17.4. The van der Waals surface area contributed by atoms with E-state index in [0.29, 0.717) is 16.9 Å². The summed E-state index contributed by atoms with van der Waals surface area (Å²) in [6, 6.07) is 15.6. The largest absolute Gasteiger partial charge is 0.494 e. The molecule has 0 saturated heterocycles. The molecule has 0 radical (unpaired) electrons. The fourth-order valence-corrected chi connectivity index (χ4v) is 4.64. The molecular formula is C22H20BrN5O2S2. The summed E-state index contributed by atoms with van der Waals surface area (Å²) >= 11 is 6.16. The summed E-state index contributed by atoms with van der Waals surface area (Å²) in [5.41, 5.74) is 2.77. The Morgan fingerprint density at radius 3 is 2.56 bits per heavy atom. The molecule has 0 aliphatic rings. The van der Waals surface area contributed by atoms with E-state index in [1.165, 1.54) is 23.1 Å². The predicted molar refractivity (Wildman–Crippen MR) is 132 cm³/mol. The molecule has 1 amide bonds. The lowest BCUT2D eigenvalue weighted by atomic mass is 10.2. The van der Waals surface area contributed by atoms with E-state index >= 15 is 0 Å². The first-order valence-electron chi connectivity index (χ1n) is 9.80. The second kappa shape index (κ2) is 10.3. The smallest absolute Gasteiger partial charge is 0.236 e. The van der Waals surface area contributed by atoms with Crippen LogP contribution in [0.25, 0.3) is 22.6 Å². The van der Waals surface area contributed by atoms with Gasteiger partial charge in [-0.15, -0.1) is 21.5 Å². The average Bonchev–Trinajstić information content (AvgIpc) is 3.40. The molecule has 0 atom stereocenters. The number of hydrogen-bond acceptors (Lipinski definition) is 7. The quantitative estimate of drug-likeness (QED) is 0.303. The van der Waals surface area contributed by atoms with E-state index in [1.807, 2.05) is 72.4 Å². The number of rotatable bonds is 8. The van der Waals surface area contributed by atoms with Crippen LogP contribution in [-0.4, -0.2) is 38.0 Å². The highest BCUT2D eigenvalue weighted by Crippen LogP contribution is 2.27. The molecule has 4 rings (SSSR count). The van der Waals surface area contributed by atoms with Gasteiger partial charge in [-0.1, -0.05) is 39.8 Å². The number of carbonyl (C=O) groups excluding carboxylic acids is 1. The second-order valence-electron chi connectivity index (χ2n) is 6.70. The molecule has 7 nitrogen and oxygen atoms in total. The second-order valence-corrected chi connectivity index (χ2v) is 9.42. The lowest BCUT2D eigenvalue weighted by Gasteiger charge is -2.06. The lowest BCUT2D eigenvalue weighted by molar-refractivity contribution is -0.113. The zero-order chi connectivity index (χ0) is 22.5. The molecule has 0 saturated carbocycles. The third-order valence-corrected chi connectivity index (χ3v) is 6.79. The van der Waals surface area contributed by atoms with Crippen LogP contribution in [0.3, 0.4) is 0 Å². The number of carbonyl (C=O) groups is 1. The van der Waals surface area contributed by atoms with Crippen molar-refractivity contribution in [2.75, 3.05) is 17.7 Å². The van der Waals surface area contributed by atoms with Crippen molar-refractivity contribution in [2.24, 2.45) is 7.05 Å². The molecule has 0 fully saturated rings. The van der Waals surface area contributed by atoms with Crippen molar-refractivity contribution >= 4 is 50.1 Å². The SMILES string of the molecule is CCOc1ccc(-c2nnc(SCC(=O)Nc3nc(-c4ccc(Br)cc4)cs3)n2C)cc1. The van der Waals surface area contributed by atoms with Crippen LogP contribution in [0, 0.1) is 0 Å². The van der Waals surface area contributed by atoms with Crippen LogP contribution in [0.4, 0.5) is 5.13 Å². The van der Waals surface area contributed by atoms with Crippen LogP contribution in [0.1, 0.15) is 6.92 Å². The van der Waals surface area contributed by atoms with Gasteiger partial charge >= 0.3 is 0 Å². The Kier molecular flexibility index (Phi) is 7.23. The Morgan fingerprint density at radius 2 is 1.84 bits per heavy atom. The van der Waals surface area contributed by atoms with Crippen molar-refractivity contribution in [2.45, 2.75) is 12.1 Å².